The van der Waals surface area contributed by atoms with Crippen LogP contribution in [0.5, 0.6) is 0 Å². The first-order valence-electron chi connectivity index (χ1n) is 6.26. The average Bonchev–Trinajstić information content (AvgIpc) is 2.90. The SMILES string of the molecule is N#Cc1cc(Cn2ccc3cccc([N+](=O)[O-])c32)ccn1. The first-order chi connectivity index (χ1) is 10.2. The average molecular weight is 278 g/mol. The quantitative estimate of drug-likeness (QED) is 0.544. The van der Waals surface area contributed by atoms with Crippen LogP contribution in [0.4, 0.5) is 5.69 Å². The number of hydrogen-bond acceptors (Lipinski definition) is 4. The number of nitro groups is 1. The molecule has 0 spiro atoms. The minimum atomic E-state index is -0.383. The molecule has 0 radical (unpaired) electrons. The highest BCUT2D eigenvalue weighted by molar-refractivity contribution is 5.88. The van der Waals surface area contributed by atoms with Crippen LogP contribution in [0.2, 0.25) is 0 Å². The lowest BCUT2D eigenvalue weighted by atomic mass is 10.2. The van der Waals surface area contributed by atoms with Crippen LogP contribution in [-0.2, 0) is 6.54 Å². The molecule has 3 aromatic rings. The molecule has 0 aliphatic carbocycles. The predicted molar refractivity (Wildman–Crippen MR) is 76.6 cm³/mol. The smallest absolute Gasteiger partial charge is 0.293 e. The van der Waals surface area contributed by atoms with Gasteiger partial charge in [-0.05, 0) is 23.8 Å². The van der Waals surface area contributed by atoms with Crippen LogP contribution >= 0.6 is 0 Å². The normalized spacial score (nSPS) is 10.4. The van der Waals surface area contributed by atoms with Crippen LogP contribution in [0.15, 0.2) is 48.8 Å². The van der Waals surface area contributed by atoms with Crippen molar-refractivity contribution in [3.63, 3.8) is 0 Å². The van der Waals surface area contributed by atoms with Crippen LogP contribution in [0.1, 0.15) is 11.3 Å². The summed E-state index contributed by atoms with van der Waals surface area (Å²) in [5, 5.41) is 20.8. The Kier molecular flexibility index (Phi) is 3.09. The molecular weight excluding hydrogens is 268 g/mol. The molecule has 6 nitrogen and oxygen atoms in total. The highest BCUT2D eigenvalue weighted by atomic mass is 16.6. The van der Waals surface area contributed by atoms with Crippen molar-refractivity contribution < 1.29 is 4.92 Å². The number of rotatable bonds is 3. The van der Waals surface area contributed by atoms with Gasteiger partial charge in [0.25, 0.3) is 5.69 Å². The first kappa shape index (κ1) is 12.8. The van der Waals surface area contributed by atoms with E-state index >= 15 is 0 Å². The van der Waals surface area contributed by atoms with Gasteiger partial charge in [-0.3, -0.25) is 10.1 Å². The van der Waals surface area contributed by atoms with E-state index in [-0.39, 0.29) is 10.6 Å². The van der Waals surface area contributed by atoms with Gasteiger partial charge in [0.15, 0.2) is 0 Å². The topological polar surface area (TPSA) is 84.8 Å². The zero-order chi connectivity index (χ0) is 14.8. The van der Waals surface area contributed by atoms with Crippen molar-refractivity contribution in [2.75, 3.05) is 0 Å². The van der Waals surface area contributed by atoms with Crippen LogP contribution in [0.3, 0.4) is 0 Å². The zero-order valence-corrected chi connectivity index (χ0v) is 10.9. The van der Waals surface area contributed by atoms with Crippen LogP contribution in [-0.4, -0.2) is 14.5 Å². The monoisotopic (exact) mass is 278 g/mol. The third-order valence-corrected chi connectivity index (χ3v) is 3.26. The molecule has 6 heteroatoms. The van der Waals surface area contributed by atoms with E-state index in [1.165, 1.54) is 6.07 Å². The number of benzene rings is 1. The molecule has 0 aliphatic heterocycles. The molecule has 0 saturated carbocycles. The van der Waals surface area contributed by atoms with Gasteiger partial charge in [0.2, 0.25) is 0 Å². The van der Waals surface area contributed by atoms with Crippen molar-refractivity contribution in [3.8, 4) is 6.07 Å². The Labute approximate surface area is 120 Å². The predicted octanol–water partition coefficient (Wildman–Crippen LogP) is 2.86. The molecule has 0 N–H and O–H groups in total. The highest BCUT2D eigenvalue weighted by Crippen LogP contribution is 2.27. The maximum absolute atomic E-state index is 11.2. The Morgan fingerprint density at radius 2 is 2.19 bits per heavy atom. The maximum Gasteiger partial charge on any atom is 0.293 e. The van der Waals surface area contributed by atoms with E-state index in [1.54, 1.807) is 24.4 Å². The molecule has 21 heavy (non-hydrogen) atoms. The van der Waals surface area contributed by atoms with Crippen molar-refractivity contribution in [1.82, 2.24) is 9.55 Å². The van der Waals surface area contributed by atoms with Gasteiger partial charge in [-0.15, -0.1) is 0 Å². The summed E-state index contributed by atoms with van der Waals surface area (Å²) in [5.41, 5.74) is 1.86. The second-order valence-corrected chi connectivity index (χ2v) is 4.58. The van der Waals surface area contributed by atoms with E-state index in [4.69, 9.17) is 5.26 Å². The Hall–Kier alpha value is -3.20. The van der Waals surface area contributed by atoms with Crippen LogP contribution in [0, 0.1) is 21.4 Å². The van der Waals surface area contributed by atoms with Gasteiger partial charge in [0.1, 0.15) is 17.3 Å². The zero-order valence-electron chi connectivity index (χ0n) is 10.9. The highest BCUT2D eigenvalue weighted by Gasteiger charge is 2.15. The molecule has 0 saturated heterocycles. The number of pyridine rings is 1. The molecule has 2 aromatic heterocycles. The summed E-state index contributed by atoms with van der Waals surface area (Å²) in [4.78, 5) is 14.7. The summed E-state index contributed by atoms with van der Waals surface area (Å²) in [6, 6.07) is 12.3. The number of fused-ring (bicyclic) bond motifs is 1. The van der Waals surface area contributed by atoms with E-state index in [2.05, 4.69) is 4.98 Å². The van der Waals surface area contributed by atoms with E-state index in [0.717, 1.165) is 10.9 Å². The summed E-state index contributed by atoms with van der Waals surface area (Å²) >= 11 is 0. The number of aromatic nitrogens is 2. The van der Waals surface area contributed by atoms with E-state index in [1.807, 2.05) is 29.0 Å². The molecule has 3 rings (SSSR count). The van der Waals surface area contributed by atoms with Gasteiger partial charge in [-0.25, -0.2) is 4.98 Å². The molecule has 0 unspecified atom stereocenters. The largest absolute Gasteiger partial charge is 0.337 e. The fourth-order valence-electron chi connectivity index (χ4n) is 2.35. The molecule has 0 fully saturated rings. The minimum Gasteiger partial charge on any atom is -0.337 e. The number of hydrogen-bond donors (Lipinski definition) is 0. The summed E-state index contributed by atoms with van der Waals surface area (Å²) in [6.07, 6.45) is 3.37. The lowest BCUT2D eigenvalue weighted by Crippen LogP contribution is -2.01. The van der Waals surface area contributed by atoms with Gasteiger partial charge in [0, 0.05) is 30.4 Å². The van der Waals surface area contributed by atoms with Gasteiger partial charge >= 0.3 is 0 Å². The lowest BCUT2D eigenvalue weighted by Gasteiger charge is -2.06. The fourth-order valence-corrected chi connectivity index (χ4v) is 2.35. The second kappa shape index (κ2) is 5.06. The molecule has 0 atom stereocenters. The summed E-state index contributed by atoms with van der Waals surface area (Å²) in [7, 11) is 0. The van der Waals surface area contributed by atoms with Gasteiger partial charge in [0.05, 0.1) is 4.92 Å². The van der Waals surface area contributed by atoms with Crippen molar-refractivity contribution in [1.29, 1.82) is 5.26 Å². The minimum absolute atomic E-state index is 0.0760. The number of para-hydroxylation sites is 1. The summed E-state index contributed by atoms with van der Waals surface area (Å²) < 4.78 is 1.81. The molecule has 102 valence electrons. The fraction of sp³-hybridized carbons (Fsp3) is 0.0667. The van der Waals surface area contributed by atoms with Crippen molar-refractivity contribution in [2.24, 2.45) is 0 Å². The van der Waals surface area contributed by atoms with Gasteiger partial charge in [-0.1, -0.05) is 12.1 Å². The van der Waals surface area contributed by atoms with E-state index in [9.17, 15) is 10.1 Å². The van der Waals surface area contributed by atoms with Gasteiger partial charge in [-0.2, -0.15) is 5.26 Å². The Morgan fingerprint density at radius 3 is 2.95 bits per heavy atom. The summed E-state index contributed by atoms with van der Waals surface area (Å²) in [6.45, 7) is 0.450. The number of nitro benzene ring substituents is 1. The molecule has 1 aromatic carbocycles. The Bertz CT molecular complexity index is 877. The molecular formula is C15H10N4O2. The molecule has 0 amide bonds. The molecule has 0 bridgehead atoms. The van der Waals surface area contributed by atoms with Crippen molar-refractivity contribution >= 4 is 16.6 Å². The van der Waals surface area contributed by atoms with E-state index in [0.29, 0.717) is 17.8 Å². The standard InChI is InChI=1S/C15H10N4O2/c16-9-13-8-11(4-6-17-13)10-18-7-5-12-2-1-3-14(15(12)18)19(20)21/h1-8H,10H2. The van der Waals surface area contributed by atoms with Crippen LogP contribution in [0.25, 0.3) is 10.9 Å². The van der Waals surface area contributed by atoms with Crippen LogP contribution < -0.4 is 0 Å². The van der Waals surface area contributed by atoms with Crippen molar-refractivity contribution in [2.45, 2.75) is 6.54 Å². The maximum atomic E-state index is 11.2. The number of nitriles is 1. The first-order valence-corrected chi connectivity index (χ1v) is 6.26. The van der Waals surface area contributed by atoms with Gasteiger partial charge < -0.3 is 4.57 Å². The third-order valence-electron chi connectivity index (χ3n) is 3.26. The van der Waals surface area contributed by atoms with Crippen molar-refractivity contribution in [3.05, 3.63) is 70.2 Å². The third kappa shape index (κ3) is 2.32. The van der Waals surface area contributed by atoms with E-state index < -0.39 is 0 Å². The molecule has 2 heterocycles. The Balaban J connectivity index is 2.09. The number of non-ortho nitro benzene ring substituents is 1. The Morgan fingerprint density at radius 1 is 1.33 bits per heavy atom. The second-order valence-electron chi connectivity index (χ2n) is 4.58. The lowest BCUT2D eigenvalue weighted by molar-refractivity contribution is -0.383. The molecule has 0 aliphatic rings. The number of nitrogens with zero attached hydrogens (tertiary/aromatic N) is 4. The summed E-state index contributed by atoms with van der Waals surface area (Å²) in [5.74, 6) is 0.